The normalized spacial score (nSPS) is 10.3. The van der Waals surface area contributed by atoms with Gasteiger partial charge in [0.15, 0.2) is 0 Å². The van der Waals surface area contributed by atoms with Gasteiger partial charge in [-0.3, -0.25) is 9.59 Å². The van der Waals surface area contributed by atoms with E-state index in [2.05, 4.69) is 5.32 Å². The van der Waals surface area contributed by atoms with Gasteiger partial charge in [0.05, 0.1) is 0 Å². The molecule has 2 aromatic rings. The molecule has 0 bridgehead atoms. The molecule has 0 spiro atoms. The van der Waals surface area contributed by atoms with Gasteiger partial charge in [0.25, 0.3) is 0 Å². The molecule has 1 N–H and O–H groups in total. The number of rotatable bonds is 6. The van der Waals surface area contributed by atoms with Crippen molar-refractivity contribution in [3.8, 4) is 0 Å². The molecule has 2 amide bonds. The Balaban J connectivity index is 1.87. The summed E-state index contributed by atoms with van der Waals surface area (Å²) in [4.78, 5) is 25.1. The van der Waals surface area contributed by atoms with Gasteiger partial charge in [-0.15, -0.1) is 0 Å². The van der Waals surface area contributed by atoms with E-state index in [1.54, 1.807) is 12.1 Å². The first-order valence-corrected chi connectivity index (χ1v) is 7.88. The Labute approximate surface area is 145 Å². The summed E-state index contributed by atoms with van der Waals surface area (Å²) in [7, 11) is 0. The van der Waals surface area contributed by atoms with Crippen LogP contribution in [0.2, 0.25) is 5.02 Å². The zero-order chi connectivity index (χ0) is 17.5. The Morgan fingerprint density at radius 2 is 1.71 bits per heavy atom. The Hall–Kier alpha value is -2.40. The van der Waals surface area contributed by atoms with Crippen molar-refractivity contribution in [2.75, 3.05) is 11.4 Å². The summed E-state index contributed by atoms with van der Waals surface area (Å²) in [6.07, 6.45) is 0.157. The van der Waals surface area contributed by atoms with Gasteiger partial charge in [0.1, 0.15) is 5.82 Å². The quantitative estimate of drug-likeness (QED) is 0.868. The molecule has 2 rings (SSSR count). The predicted molar refractivity (Wildman–Crippen MR) is 92.3 cm³/mol. The minimum absolute atomic E-state index is 0.157. The highest BCUT2D eigenvalue weighted by Crippen LogP contribution is 2.15. The van der Waals surface area contributed by atoms with Crippen LogP contribution >= 0.6 is 11.6 Å². The zero-order valence-corrected chi connectivity index (χ0v) is 14.0. The average molecular weight is 349 g/mol. The number of hydrogen-bond acceptors (Lipinski definition) is 2. The van der Waals surface area contributed by atoms with Crippen molar-refractivity contribution in [3.63, 3.8) is 0 Å². The average Bonchev–Trinajstić information content (AvgIpc) is 2.56. The fourth-order valence-electron chi connectivity index (χ4n) is 2.19. The number of hydrogen-bond donors (Lipinski definition) is 1. The van der Waals surface area contributed by atoms with Crippen molar-refractivity contribution >= 4 is 29.1 Å². The molecule has 0 aliphatic carbocycles. The van der Waals surface area contributed by atoms with Crippen LogP contribution in [0.1, 0.15) is 18.9 Å². The number of carbonyl (C=O) groups is 2. The number of anilines is 1. The molecular formula is C18H18ClFN2O2. The largest absolute Gasteiger partial charge is 0.352 e. The van der Waals surface area contributed by atoms with Crippen molar-refractivity contribution < 1.29 is 14.0 Å². The molecular weight excluding hydrogens is 331 g/mol. The van der Waals surface area contributed by atoms with E-state index in [1.807, 2.05) is 12.1 Å². The molecule has 0 atom stereocenters. The van der Waals surface area contributed by atoms with Crippen LogP contribution in [0.4, 0.5) is 10.1 Å². The van der Waals surface area contributed by atoms with Crippen molar-refractivity contribution in [2.45, 2.75) is 19.9 Å². The molecule has 0 saturated carbocycles. The molecule has 0 unspecified atom stereocenters. The Morgan fingerprint density at radius 1 is 1.08 bits per heavy atom. The van der Waals surface area contributed by atoms with Crippen LogP contribution in [0.15, 0.2) is 48.5 Å². The summed E-state index contributed by atoms with van der Waals surface area (Å²) in [5, 5.41) is 3.43. The van der Waals surface area contributed by atoms with E-state index in [9.17, 15) is 14.0 Å². The van der Waals surface area contributed by atoms with E-state index >= 15 is 0 Å². The van der Waals surface area contributed by atoms with Crippen LogP contribution in [-0.2, 0) is 16.1 Å². The first-order valence-electron chi connectivity index (χ1n) is 7.50. The second kappa shape index (κ2) is 8.45. The van der Waals surface area contributed by atoms with E-state index in [4.69, 9.17) is 11.6 Å². The monoisotopic (exact) mass is 348 g/mol. The summed E-state index contributed by atoms with van der Waals surface area (Å²) in [5.74, 6) is -0.742. The first-order chi connectivity index (χ1) is 11.5. The highest BCUT2D eigenvalue weighted by molar-refractivity contribution is 6.30. The van der Waals surface area contributed by atoms with Gasteiger partial charge < -0.3 is 10.2 Å². The molecule has 0 saturated heterocycles. The van der Waals surface area contributed by atoms with E-state index in [1.165, 1.54) is 36.1 Å². The molecule has 0 aromatic heterocycles. The lowest BCUT2D eigenvalue weighted by Gasteiger charge is -2.21. The summed E-state index contributed by atoms with van der Waals surface area (Å²) in [6.45, 7) is 2.04. The molecule has 0 radical (unpaired) electrons. The summed E-state index contributed by atoms with van der Waals surface area (Å²) in [5.41, 5.74) is 1.50. The lowest BCUT2D eigenvalue weighted by molar-refractivity contribution is -0.121. The maximum atomic E-state index is 13.0. The molecule has 6 heteroatoms. The van der Waals surface area contributed by atoms with Gasteiger partial charge in [-0.25, -0.2) is 4.39 Å². The molecule has 2 aromatic carbocycles. The van der Waals surface area contributed by atoms with E-state index in [-0.39, 0.29) is 30.6 Å². The van der Waals surface area contributed by atoms with Crippen LogP contribution in [-0.4, -0.2) is 18.4 Å². The Kier molecular flexibility index (Phi) is 6.32. The van der Waals surface area contributed by atoms with Crippen molar-refractivity contribution in [1.29, 1.82) is 0 Å². The molecule has 4 nitrogen and oxygen atoms in total. The van der Waals surface area contributed by atoms with Gasteiger partial charge in [-0.05, 0) is 42.0 Å². The fraction of sp³-hybridized carbons (Fsp3) is 0.222. The SMILES string of the molecule is CC(=O)N(CCC(=O)NCc1ccc(Cl)cc1)c1ccc(F)cc1. The Bertz CT molecular complexity index is 702. The third-order valence-corrected chi connectivity index (χ3v) is 3.74. The Morgan fingerprint density at radius 3 is 2.29 bits per heavy atom. The number of carbonyl (C=O) groups excluding carboxylic acids is 2. The molecule has 0 fully saturated rings. The number of benzene rings is 2. The second-order valence-corrected chi connectivity index (χ2v) is 5.74. The molecule has 0 heterocycles. The van der Waals surface area contributed by atoms with Crippen LogP contribution in [0.3, 0.4) is 0 Å². The minimum atomic E-state index is -0.372. The van der Waals surface area contributed by atoms with Gasteiger partial charge in [0, 0.05) is 37.1 Å². The number of nitrogens with one attached hydrogen (secondary N) is 1. The van der Waals surface area contributed by atoms with Crippen molar-refractivity contribution in [1.82, 2.24) is 5.32 Å². The summed E-state index contributed by atoms with van der Waals surface area (Å²) < 4.78 is 13.0. The second-order valence-electron chi connectivity index (χ2n) is 5.30. The van der Waals surface area contributed by atoms with E-state index in [0.717, 1.165) is 5.56 Å². The number of amides is 2. The fourth-order valence-corrected chi connectivity index (χ4v) is 2.32. The van der Waals surface area contributed by atoms with Gasteiger partial charge in [-0.1, -0.05) is 23.7 Å². The van der Waals surface area contributed by atoms with Gasteiger partial charge >= 0.3 is 0 Å². The first kappa shape index (κ1) is 17.9. The maximum Gasteiger partial charge on any atom is 0.223 e. The van der Waals surface area contributed by atoms with Crippen molar-refractivity contribution in [3.05, 3.63) is 64.9 Å². The van der Waals surface area contributed by atoms with Crippen LogP contribution in [0, 0.1) is 5.82 Å². The lowest BCUT2D eigenvalue weighted by atomic mass is 10.2. The minimum Gasteiger partial charge on any atom is -0.352 e. The maximum absolute atomic E-state index is 13.0. The zero-order valence-electron chi connectivity index (χ0n) is 13.3. The van der Waals surface area contributed by atoms with E-state index < -0.39 is 0 Å². The smallest absolute Gasteiger partial charge is 0.223 e. The van der Waals surface area contributed by atoms with Gasteiger partial charge in [0.2, 0.25) is 11.8 Å². The number of nitrogens with zero attached hydrogens (tertiary/aromatic N) is 1. The van der Waals surface area contributed by atoms with Crippen LogP contribution < -0.4 is 10.2 Å². The predicted octanol–water partition coefficient (Wildman–Crippen LogP) is 3.54. The van der Waals surface area contributed by atoms with Crippen LogP contribution in [0.5, 0.6) is 0 Å². The highest BCUT2D eigenvalue weighted by atomic mass is 35.5. The standard InChI is InChI=1S/C18H18ClFN2O2/c1-13(23)22(17-8-6-16(20)7-9-17)11-10-18(24)21-12-14-2-4-15(19)5-3-14/h2-9H,10-12H2,1H3,(H,21,24). The van der Waals surface area contributed by atoms with Crippen molar-refractivity contribution in [2.24, 2.45) is 0 Å². The summed E-state index contributed by atoms with van der Waals surface area (Å²) in [6, 6.07) is 12.8. The van der Waals surface area contributed by atoms with E-state index in [0.29, 0.717) is 17.3 Å². The highest BCUT2D eigenvalue weighted by Gasteiger charge is 2.13. The third-order valence-electron chi connectivity index (χ3n) is 3.48. The van der Waals surface area contributed by atoms with Crippen LogP contribution in [0.25, 0.3) is 0 Å². The topological polar surface area (TPSA) is 49.4 Å². The molecule has 0 aliphatic rings. The molecule has 0 aliphatic heterocycles. The number of halogens is 2. The third kappa shape index (κ3) is 5.35. The van der Waals surface area contributed by atoms with Gasteiger partial charge in [-0.2, -0.15) is 0 Å². The molecule has 24 heavy (non-hydrogen) atoms. The summed E-state index contributed by atoms with van der Waals surface area (Å²) >= 11 is 5.81. The molecule has 126 valence electrons. The lowest BCUT2D eigenvalue weighted by Crippen LogP contribution is -2.33.